The summed E-state index contributed by atoms with van der Waals surface area (Å²) in [5.41, 5.74) is 0.645. The number of anilines is 1. The number of hydrogen-bond donors (Lipinski definition) is 1. The summed E-state index contributed by atoms with van der Waals surface area (Å²) in [6, 6.07) is 3.63. The van der Waals surface area contributed by atoms with Gasteiger partial charge in [0.25, 0.3) is 5.91 Å². The zero-order valence-corrected chi connectivity index (χ0v) is 11.0. The first kappa shape index (κ1) is 13.5. The Hall–Kier alpha value is -1.58. The average molecular weight is 235 g/mol. The Morgan fingerprint density at radius 2 is 2.18 bits per heavy atom. The first-order valence-electron chi connectivity index (χ1n) is 6.01. The highest BCUT2D eigenvalue weighted by atomic mass is 16.2. The second-order valence-corrected chi connectivity index (χ2v) is 4.42. The largest absolute Gasteiger partial charge is 0.373 e. The molecule has 0 spiro atoms. The highest BCUT2D eigenvalue weighted by molar-refractivity contribution is 5.94. The average Bonchev–Trinajstić information content (AvgIpc) is 2.35. The van der Waals surface area contributed by atoms with Gasteiger partial charge in [0, 0.05) is 26.3 Å². The molecular weight excluding hydrogens is 214 g/mol. The quantitative estimate of drug-likeness (QED) is 0.851. The van der Waals surface area contributed by atoms with E-state index >= 15 is 0 Å². The van der Waals surface area contributed by atoms with Crippen LogP contribution in [0.4, 0.5) is 5.82 Å². The molecule has 1 N–H and O–H groups in total. The molecule has 0 bridgehead atoms. The number of carbonyl (C=O) groups excluding carboxylic acids is 1. The third-order valence-electron chi connectivity index (χ3n) is 2.52. The Morgan fingerprint density at radius 3 is 2.59 bits per heavy atom. The summed E-state index contributed by atoms with van der Waals surface area (Å²) in [5.74, 6) is 1.30. The van der Waals surface area contributed by atoms with Crippen LogP contribution < -0.4 is 5.32 Å². The number of pyridine rings is 1. The van der Waals surface area contributed by atoms with E-state index in [4.69, 9.17) is 0 Å². The smallest absolute Gasteiger partial charge is 0.255 e. The molecule has 0 aliphatic heterocycles. The number of hydrogen-bond acceptors (Lipinski definition) is 3. The van der Waals surface area contributed by atoms with E-state index in [0.29, 0.717) is 11.5 Å². The predicted octanol–water partition coefficient (Wildman–Crippen LogP) is 2.24. The molecule has 1 heterocycles. The molecule has 1 amide bonds. The molecule has 0 aliphatic carbocycles. The second kappa shape index (κ2) is 6.23. The molecule has 0 saturated carbocycles. The van der Waals surface area contributed by atoms with E-state index in [0.717, 1.165) is 18.9 Å². The van der Waals surface area contributed by atoms with Gasteiger partial charge in [0.05, 0.1) is 5.56 Å². The molecule has 4 heteroatoms. The van der Waals surface area contributed by atoms with Crippen molar-refractivity contribution in [3.8, 4) is 0 Å². The highest BCUT2D eigenvalue weighted by Crippen LogP contribution is 2.09. The van der Waals surface area contributed by atoms with Crippen LogP contribution in [0.15, 0.2) is 18.3 Å². The number of nitrogens with one attached hydrogen (secondary N) is 1. The fraction of sp³-hybridized carbons (Fsp3) is 0.538. The van der Waals surface area contributed by atoms with Crippen molar-refractivity contribution in [2.24, 2.45) is 5.92 Å². The molecular formula is C13H21N3O. The molecule has 0 aliphatic rings. The maximum absolute atomic E-state index is 12.2. The van der Waals surface area contributed by atoms with Gasteiger partial charge in [-0.2, -0.15) is 0 Å². The van der Waals surface area contributed by atoms with Crippen LogP contribution in [-0.4, -0.2) is 35.9 Å². The Labute approximate surface area is 103 Å². The van der Waals surface area contributed by atoms with Crippen LogP contribution in [0.2, 0.25) is 0 Å². The van der Waals surface area contributed by atoms with Crippen LogP contribution in [0, 0.1) is 5.92 Å². The first-order chi connectivity index (χ1) is 8.08. The van der Waals surface area contributed by atoms with Crippen LogP contribution in [-0.2, 0) is 0 Å². The Balaban J connectivity index is 2.78. The number of nitrogens with zero attached hydrogens (tertiary/aromatic N) is 2. The topological polar surface area (TPSA) is 45.2 Å². The predicted molar refractivity (Wildman–Crippen MR) is 70.2 cm³/mol. The van der Waals surface area contributed by atoms with Crippen LogP contribution in [0.3, 0.4) is 0 Å². The van der Waals surface area contributed by atoms with Gasteiger partial charge in [0.1, 0.15) is 5.82 Å². The van der Waals surface area contributed by atoms with Crippen LogP contribution in [0.1, 0.15) is 31.1 Å². The zero-order valence-electron chi connectivity index (χ0n) is 11.0. The lowest BCUT2D eigenvalue weighted by Gasteiger charge is -2.22. The van der Waals surface area contributed by atoms with Gasteiger partial charge in [-0.05, 0) is 25.0 Å². The van der Waals surface area contributed by atoms with Crippen molar-refractivity contribution in [2.75, 3.05) is 25.5 Å². The second-order valence-electron chi connectivity index (χ2n) is 4.42. The minimum Gasteiger partial charge on any atom is -0.373 e. The Kier molecular flexibility index (Phi) is 4.94. The highest BCUT2D eigenvalue weighted by Gasteiger charge is 2.15. The molecule has 0 atom stereocenters. The van der Waals surface area contributed by atoms with Crippen molar-refractivity contribution < 1.29 is 4.79 Å². The lowest BCUT2D eigenvalue weighted by atomic mass is 10.2. The van der Waals surface area contributed by atoms with Gasteiger partial charge in [-0.1, -0.05) is 13.8 Å². The maximum atomic E-state index is 12.2. The van der Waals surface area contributed by atoms with E-state index in [-0.39, 0.29) is 5.91 Å². The molecule has 1 aromatic rings. The number of rotatable bonds is 5. The summed E-state index contributed by atoms with van der Waals surface area (Å²) in [6.45, 7) is 7.72. The van der Waals surface area contributed by atoms with Gasteiger partial charge in [-0.3, -0.25) is 4.79 Å². The van der Waals surface area contributed by atoms with Gasteiger partial charge in [-0.15, -0.1) is 0 Å². The van der Waals surface area contributed by atoms with Crippen molar-refractivity contribution in [3.63, 3.8) is 0 Å². The van der Waals surface area contributed by atoms with Gasteiger partial charge in [-0.25, -0.2) is 4.98 Å². The van der Waals surface area contributed by atoms with Gasteiger partial charge in [0.15, 0.2) is 0 Å². The van der Waals surface area contributed by atoms with E-state index in [1.54, 1.807) is 13.2 Å². The van der Waals surface area contributed by atoms with E-state index < -0.39 is 0 Å². The van der Waals surface area contributed by atoms with Gasteiger partial charge >= 0.3 is 0 Å². The zero-order chi connectivity index (χ0) is 12.8. The molecule has 1 aromatic heterocycles. The number of carbonyl (C=O) groups is 1. The first-order valence-corrected chi connectivity index (χ1v) is 6.01. The van der Waals surface area contributed by atoms with Crippen molar-refractivity contribution in [2.45, 2.75) is 20.8 Å². The lowest BCUT2D eigenvalue weighted by Crippen LogP contribution is -2.34. The third kappa shape index (κ3) is 3.73. The van der Waals surface area contributed by atoms with Crippen molar-refractivity contribution >= 4 is 11.7 Å². The summed E-state index contributed by atoms with van der Waals surface area (Å²) < 4.78 is 0. The number of amides is 1. The van der Waals surface area contributed by atoms with Crippen molar-refractivity contribution in [3.05, 3.63) is 23.9 Å². The minimum atomic E-state index is 0.0522. The van der Waals surface area contributed by atoms with Crippen LogP contribution >= 0.6 is 0 Å². The summed E-state index contributed by atoms with van der Waals surface area (Å²) >= 11 is 0. The summed E-state index contributed by atoms with van der Waals surface area (Å²) in [7, 11) is 1.81. The SMILES string of the molecule is CCN(CC(C)C)C(=O)c1ccc(NC)nc1. The molecule has 4 nitrogen and oxygen atoms in total. The standard InChI is InChI=1S/C13H21N3O/c1-5-16(9-10(2)3)13(17)11-6-7-12(14-4)15-8-11/h6-8,10H,5,9H2,1-4H3,(H,14,15). The monoisotopic (exact) mass is 235 g/mol. The normalized spacial score (nSPS) is 10.4. The van der Waals surface area contributed by atoms with Crippen LogP contribution in [0.5, 0.6) is 0 Å². The van der Waals surface area contributed by atoms with E-state index in [1.165, 1.54) is 0 Å². The number of aromatic nitrogens is 1. The Bertz CT molecular complexity index is 359. The van der Waals surface area contributed by atoms with Gasteiger partial charge in [0.2, 0.25) is 0 Å². The Morgan fingerprint density at radius 1 is 1.47 bits per heavy atom. The summed E-state index contributed by atoms with van der Waals surface area (Å²) in [4.78, 5) is 18.2. The van der Waals surface area contributed by atoms with Crippen molar-refractivity contribution in [1.82, 2.24) is 9.88 Å². The summed E-state index contributed by atoms with van der Waals surface area (Å²) in [6.07, 6.45) is 1.62. The fourth-order valence-electron chi connectivity index (χ4n) is 1.65. The van der Waals surface area contributed by atoms with Gasteiger partial charge < -0.3 is 10.2 Å². The molecule has 0 saturated heterocycles. The van der Waals surface area contributed by atoms with Crippen molar-refractivity contribution in [1.29, 1.82) is 0 Å². The fourth-order valence-corrected chi connectivity index (χ4v) is 1.65. The van der Waals surface area contributed by atoms with E-state index in [2.05, 4.69) is 24.1 Å². The molecule has 0 radical (unpaired) electrons. The molecule has 0 unspecified atom stereocenters. The van der Waals surface area contributed by atoms with Crippen LogP contribution in [0.25, 0.3) is 0 Å². The third-order valence-corrected chi connectivity index (χ3v) is 2.52. The van der Waals surface area contributed by atoms with E-state index in [1.807, 2.05) is 24.0 Å². The molecule has 0 fully saturated rings. The molecule has 1 rings (SSSR count). The summed E-state index contributed by atoms with van der Waals surface area (Å²) in [5, 5.41) is 2.93. The lowest BCUT2D eigenvalue weighted by molar-refractivity contribution is 0.0745. The molecule has 17 heavy (non-hydrogen) atoms. The molecule has 0 aromatic carbocycles. The minimum absolute atomic E-state index is 0.0522. The maximum Gasteiger partial charge on any atom is 0.255 e. The van der Waals surface area contributed by atoms with E-state index in [9.17, 15) is 4.79 Å². The molecule has 94 valence electrons.